The summed E-state index contributed by atoms with van der Waals surface area (Å²) in [4.78, 5) is 30.5. The number of benzene rings is 2. The maximum Gasteiger partial charge on any atom is 0.318 e. The van der Waals surface area contributed by atoms with Crippen molar-refractivity contribution in [1.29, 1.82) is 0 Å². The highest BCUT2D eigenvalue weighted by Crippen LogP contribution is 2.41. The molecule has 2 aromatic heterocycles. The molecule has 1 fully saturated rings. The molecule has 6 rings (SSSR count). The third-order valence-corrected chi connectivity index (χ3v) is 8.72. The van der Waals surface area contributed by atoms with Gasteiger partial charge in [-0.25, -0.2) is 4.79 Å². The number of allylic oxidation sites excluding steroid dienone is 1. The molecule has 0 aliphatic carbocycles. The number of carbonyl (C=O) groups excluding carboxylic acids is 2. The fourth-order valence-corrected chi connectivity index (χ4v) is 6.16. The molecule has 2 N–H and O–H groups in total. The van der Waals surface area contributed by atoms with Crippen LogP contribution in [-0.4, -0.2) is 89.9 Å². The molecule has 0 atom stereocenters. The zero-order valence-corrected chi connectivity index (χ0v) is 26.2. The molecule has 4 aromatic rings. The van der Waals surface area contributed by atoms with E-state index in [4.69, 9.17) is 14.6 Å². The van der Waals surface area contributed by atoms with Gasteiger partial charge in [0, 0.05) is 86.8 Å². The molecule has 2 amide bonds. The molecular weight excluding hydrogens is 558 g/mol. The highest BCUT2D eigenvalue weighted by molar-refractivity contribution is 6.16. The minimum Gasteiger partial charge on any atom is -0.497 e. The lowest BCUT2D eigenvalue weighted by Crippen LogP contribution is -2.45. The average Bonchev–Trinajstić information content (AvgIpc) is 3.59. The van der Waals surface area contributed by atoms with E-state index < -0.39 is 0 Å². The zero-order valence-electron chi connectivity index (χ0n) is 26.2. The summed E-state index contributed by atoms with van der Waals surface area (Å²) >= 11 is 0. The highest BCUT2D eigenvalue weighted by atomic mass is 16.5. The SMILES string of the molecule is CNC(=O)Nc1ccc2c(c1)C(=O)C(=Cc1c(-c3c(C)nn(C)c3C)n(CCN3CCN(C)CC3)c3ccc(OC)cc13)O2. The Labute approximate surface area is 257 Å². The second-order valence-corrected chi connectivity index (χ2v) is 11.5. The normalized spacial score (nSPS) is 16.4. The number of amides is 2. The van der Waals surface area contributed by atoms with E-state index in [0.717, 1.165) is 84.1 Å². The van der Waals surface area contributed by atoms with Gasteiger partial charge in [-0.05, 0) is 63.4 Å². The Morgan fingerprint density at radius 3 is 2.52 bits per heavy atom. The Hall–Kier alpha value is -4.61. The third-order valence-electron chi connectivity index (χ3n) is 8.72. The summed E-state index contributed by atoms with van der Waals surface area (Å²) in [7, 11) is 7.32. The number of fused-ring (bicyclic) bond motifs is 2. The van der Waals surface area contributed by atoms with Gasteiger partial charge in [0.2, 0.25) is 5.78 Å². The molecule has 2 aliphatic rings. The number of aromatic nitrogens is 3. The first-order valence-electron chi connectivity index (χ1n) is 14.9. The van der Waals surface area contributed by atoms with Gasteiger partial charge in [0.25, 0.3) is 0 Å². The van der Waals surface area contributed by atoms with Gasteiger partial charge in [0.05, 0.1) is 24.1 Å². The van der Waals surface area contributed by atoms with E-state index in [1.807, 2.05) is 36.9 Å². The molecule has 44 heavy (non-hydrogen) atoms. The Morgan fingerprint density at radius 2 is 1.84 bits per heavy atom. The average molecular weight is 598 g/mol. The van der Waals surface area contributed by atoms with Crippen LogP contribution in [0.4, 0.5) is 10.5 Å². The fourth-order valence-electron chi connectivity index (χ4n) is 6.16. The van der Waals surface area contributed by atoms with Crippen LogP contribution < -0.4 is 20.1 Å². The number of nitrogens with one attached hydrogen (secondary N) is 2. The van der Waals surface area contributed by atoms with Crippen LogP contribution in [0, 0.1) is 13.8 Å². The number of aryl methyl sites for hydroxylation is 2. The molecule has 11 nitrogen and oxygen atoms in total. The number of carbonyl (C=O) groups is 2. The number of likely N-dealkylation sites (N-methyl/N-ethyl adjacent to an activating group) is 1. The number of Topliss-reactive ketones (excluding diaryl/α,β-unsaturated/α-hetero) is 1. The summed E-state index contributed by atoms with van der Waals surface area (Å²) in [6, 6.07) is 10.8. The van der Waals surface area contributed by atoms with Crippen molar-refractivity contribution >= 4 is 34.5 Å². The van der Waals surface area contributed by atoms with Crippen LogP contribution >= 0.6 is 0 Å². The van der Waals surface area contributed by atoms with E-state index in [-0.39, 0.29) is 17.6 Å². The van der Waals surface area contributed by atoms with Crippen LogP contribution in [0.3, 0.4) is 0 Å². The summed E-state index contributed by atoms with van der Waals surface area (Å²) in [5, 5.41) is 11.0. The first-order chi connectivity index (χ1) is 21.2. The molecule has 0 spiro atoms. The van der Waals surface area contributed by atoms with Gasteiger partial charge in [0.15, 0.2) is 5.76 Å². The Morgan fingerprint density at radius 1 is 1.07 bits per heavy atom. The second-order valence-electron chi connectivity index (χ2n) is 11.5. The van der Waals surface area contributed by atoms with E-state index in [9.17, 15) is 9.59 Å². The summed E-state index contributed by atoms with van der Waals surface area (Å²) in [6.45, 7) is 9.91. The highest BCUT2D eigenvalue weighted by Gasteiger charge is 2.31. The van der Waals surface area contributed by atoms with Gasteiger partial charge < -0.3 is 29.6 Å². The number of nitrogens with zero attached hydrogens (tertiary/aromatic N) is 5. The summed E-state index contributed by atoms with van der Waals surface area (Å²) in [5.41, 5.74) is 6.79. The monoisotopic (exact) mass is 597 g/mol. The van der Waals surface area contributed by atoms with E-state index in [0.29, 0.717) is 17.0 Å². The Balaban J connectivity index is 1.50. The van der Waals surface area contributed by atoms with E-state index in [1.54, 1.807) is 25.3 Å². The molecule has 0 saturated carbocycles. The molecular formula is C33H39N7O4. The summed E-state index contributed by atoms with van der Waals surface area (Å²) in [6.07, 6.45) is 1.85. The number of urea groups is 1. The first kappa shape index (κ1) is 29.5. The Kier molecular flexibility index (Phi) is 7.91. The van der Waals surface area contributed by atoms with Crippen LogP contribution in [0.15, 0.2) is 42.2 Å². The molecule has 0 bridgehead atoms. The van der Waals surface area contributed by atoms with Gasteiger partial charge in [0.1, 0.15) is 11.5 Å². The number of methoxy groups -OCH3 is 1. The van der Waals surface area contributed by atoms with Crippen molar-refractivity contribution in [2.75, 3.05) is 59.2 Å². The number of hydrogen-bond acceptors (Lipinski definition) is 7. The van der Waals surface area contributed by atoms with Crippen molar-refractivity contribution < 1.29 is 19.1 Å². The van der Waals surface area contributed by atoms with E-state index >= 15 is 0 Å². The maximum atomic E-state index is 13.7. The van der Waals surface area contributed by atoms with Crippen molar-refractivity contribution in [3.05, 3.63) is 64.7 Å². The molecule has 0 radical (unpaired) electrons. The Bertz CT molecular complexity index is 1790. The van der Waals surface area contributed by atoms with Gasteiger partial charge in [-0.1, -0.05) is 0 Å². The van der Waals surface area contributed by atoms with Gasteiger partial charge in [-0.2, -0.15) is 5.10 Å². The maximum absolute atomic E-state index is 13.7. The summed E-state index contributed by atoms with van der Waals surface area (Å²) < 4.78 is 16.1. The predicted octanol–water partition coefficient (Wildman–Crippen LogP) is 4.28. The fraction of sp³-hybridized carbons (Fsp3) is 0.364. The lowest BCUT2D eigenvalue weighted by molar-refractivity contribution is 0.101. The number of rotatable bonds is 7. The predicted molar refractivity (Wildman–Crippen MR) is 172 cm³/mol. The molecule has 11 heteroatoms. The van der Waals surface area contributed by atoms with Crippen molar-refractivity contribution in [1.82, 2.24) is 29.5 Å². The number of piperazine rings is 1. The number of anilines is 1. The molecule has 0 unspecified atom stereocenters. The minimum absolute atomic E-state index is 0.221. The lowest BCUT2D eigenvalue weighted by atomic mass is 10.0. The zero-order chi connectivity index (χ0) is 31.1. The smallest absolute Gasteiger partial charge is 0.318 e. The van der Waals surface area contributed by atoms with Crippen molar-refractivity contribution in [3.63, 3.8) is 0 Å². The van der Waals surface area contributed by atoms with Gasteiger partial charge in [-0.3, -0.25) is 14.4 Å². The van der Waals surface area contributed by atoms with E-state index in [1.165, 1.54) is 7.05 Å². The van der Waals surface area contributed by atoms with Gasteiger partial charge in [-0.15, -0.1) is 0 Å². The summed E-state index contributed by atoms with van der Waals surface area (Å²) in [5.74, 6) is 1.16. The third kappa shape index (κ3) is 5.33. The molecule has 230 valence electrons. The number of hydrogen-bond donors (Lipinski definition) is 2. The van der Waals surface area contributed by atoms with Crippen molar-refractivity contribution in [2.24, 2.45) is 7.05 Å². The van der Waals surface area contributed by atoms with Crippen LogP contribution in [0.1, 0.15) is 27.3 Å². The van der Waals surface area contributed by atoms with Crippen LogP contribution in [0.5, 0.6) is 11.5 Å². The van der Waals surface area contributed by atoms with E-state index in [2.05, 4.69) is 45.0 Å². The van der Waals surface area contributed by atoms with Crippen LogP contribution in [0.2, 0.25) is 0 Å². The molecule has 1 saturated heterocycles. The number of ether oxygens (including phenoxy) is 2. The van der Waals surface area contributed by atoms with Gasteiger partial charge >= 0.3 is 6.03 Å². The molecule has 2 aromatic carbocycles. The van der Waals surface area contributed by atoms with Crippen LogP contribution in [-0.2, 0) is 13.6 Å². The standard InChI is InChI=1S/C33H39N7O4/c1-20-30(21(2)38(5)36-20)31-25(19-29-32(41)26-17-22(35-33(42)34-3)7-10-28(26)44-29)24-18-23(43-6)8-9-27(24)40(31)16-15-39-13-11-37(4)12-14-39/h7-10,17-19H,11-16H2,1-6H3,(H2,34,35,42). The van der Waals surface area contributed by atoms with Crippen molar-refractivity contribution in [3.8, 4) is 22.8 Å². The lowest BCUT2D eigenvalue weighted by Gasteiger charge is -2.32. The largest absolute Gasteiger partial charge is 0.497 e. The number of ketones is 1. The first-order valence-corrected chi connectivity index (χ1v) is 14.9. The molecule has 2 aliphatic heterocycles. The molecule has 4 heterocycles. The topological polar surface area (TPSA) is 106 Å². The second kappa shape index (κ2) is 11.8. The quantitative estimate of drug-likeness (QED) is 0.307. The van der Waals surface area contributed by atoms with Crippen LogP contribution in [0.25, 0.3) is 28.2 Å². The minimum atomic E-state index is -0.364. The van der Waals surface area contributed by atoms with Crippen molar-refractivity contribution in [2.45, 2.75) is 20.4 Å².